The minimum absolute atomic E-state index is 0.0144. The SMILES string of the molecule is CCS(=O)(=O)c1c(-c2nc3cc(C(F)(F)F)ncc3n2C)ncc2ccccc12. The number of pyridine rings is 2. The lowest BCUT2D eigenvalue weighted by atomic mass is 10.1. The molecule has 0 bridgehead atoms. The average molecular weight is 420 g/mol. The smallest absolute Gasteiger partial charge is 0.324 e. The van der Waals surface area contributed by atoms with Crippen LogP contribution >= 0.6 is 0 Å². The topological polar surface area (TPSA) is 77.7 Å². The Kier molecular flexibility index (Phi) is 4.34. The molecule has 0 radical (unpaired) electrons. The Morgan fingerprint density at radius 3 is 2.52 bits per heavy atom. The molecule has 0 aliphatic rings. The fourth-order valence-electron chi connectivity index (χ4n) is 3.21. The maximum Gasteiger partial charge on any atom is 0.433 e. The Balaban J connectivity index is 2.06. The van der Waals surface area contributed by atoms with Gasteiger partial charge in [-0.2, -0.15) is 13.2 Å². The molecule has 150 valence electrons. The first-order valence-electron chi connectivity index (χ1n) is 8.64. The number of aryl methyl sites for hydroxylation is 1. The zero-order valence-corrected chi connectivity index (χ0v) is 16.2. The van der Waals surface area contributed by atoms with Gasteiger partial charge in [-0.05, 0) is 6.07 Å². The second-order valence-electron chi connectivity index (χ2n) is 6.48. The number of hydrogen-bond acceptors (Lipinski definition) is 5. The van der Waals surface area contributed by atoms with Crippen molar-refractivity contribution in [2.24, 2.45) is 7.05 Å². The number of rotatable bonds is 3. The Labute approximate surface area is 164 Å². The van der Waals surface area contributed by atoms with Crippen molar-refractivity contribution in [2.75, 3.05) is 5.75 Å². The molecule has 4 aromatic rings. The maximum absolute atomic E-state index is 13.0. The lowest BCUT2D eigenvalue weighted by molar-refractivity contribution is -0.141. The maximum atomic E-state index is 13.0. The molecule has 0 fully saturated rings. The summed E-state index contributed by atoms with van der Waals surface area (Å²) in [5, 5.41) is 1.13. The number of nitrogens with zero attached hydrogens (tertiary/aromatic N) is 4. The van der Waals surface area contributed by atoms with Crippen LogP contribution in [0.3, 0.4) is 0 Å². The second-order valence-corrected chi connectivity index (χ2v) is 8.69. The molecule has 3 aromatic heterocycles. The zero-order chi connectivity index (χ0) is 21.0. The third-order valence-electron chi connectivity index (χ3n) is 4.71. The van der Waals surface area contributed by atoms with Crippen LogP contribution in [0.15, 0.2) is 47.6 Å². The molecule has 10 heteroatoms. The molecule has 0 N–H and O–H groups in total. The fourth-order valence-corrected chi connectivity index (χ4v) is 4.46. The molecule has 1 aromatic carbocycles. The van der Waals surface area contributed by atoms with E-state index in [0.717, 1.165) is 12.3 Å². The Morgan fingerprint density at radius 1 is 1.10 bits per heavy atom. The molecule has 0 spiro atoms. The minimum Gasteiger partial charge on any atom is -0.324 e. The van der Waals surface area contributed by atoms with Crippen molar-refractivity contribution in [2.45, 2.75) is 18.0 Å². The summed E-state index contributed by atoms with van der Waals surface area (Å²) in [6, 6.07) is 7.75. The van der Waals surface area contributed by atoms with Crippen molar-refractivity contribution >= 4 is 31.6 Å². The van der Waals surface area contributed by atoms with E-state index >= 15 is 0 Å². The van der Waals surface area contributed by atoms with Crippen molar-refractivity contribution in [1.82, 2.24) is 19.5 Å². The van der Waals surface area contributed by atoms with Gasteiger partial charge in [0.25, 0.3) is 0 Å². The van der Waals surface area contributed by atoms with E-state index in [1.165, 1.54) is 17.7 Å². The number of aromatic nitrogens is 4. The molecule has 29 heavy (non-hydrogen) atoms. The molecule has 0 amide bonds. The van der Waals surface area contributed by atoms with Gasteiger partial charge in [-0.1, -0.05) is 31.2 Å². The van der Waals surface area contributed by atoms with Crippen LogP contribution in [0.4, 0.5) is 13.2 Å². The van der Waals surface area contributed by atoms with Crippen LogP contribution in [0.25, 0.3) is 33.3 Å². The van der Waals surface area contributed by atoms with Gasteiger partial charge in [-0.3, -0.25) is 4.98 Å². The van der Waals surface area contributed by atoms with E-state index in [9.17, 15) is 21.6 Å². The summed E-state index contributed by atoms with van der Waals surface area (Å²) in [6.07, 6.45) is -2.01. The first kappa shape index (κ1) is 19.3. The van der Waals surface area contributed by atoms with Crippen LogP contribution in [0.1, 0.15) is 12.6 Å². The predicted molar refractivity (Wildman–Crippen MR) is 102 cm³/mol. The van der Waals surface area contributed by atoms with E-state index in [0.29, 0.717) is 16.3 Å². The molecule has 3 heterocycles. The molecule has 6 nitrogen and oxygen atoms in total. The molecule has 0 atom stereocenters. The Bertz CT molecular complexity index is 1360. The van der Waals surface area contributed by atoms with Crippen LogP contribution in [-0.4, -0.2) is 33.7 Å². The van der Waals surface area contributed by atoms with Gasteiger partial charge in [0.05, 0.1) is 23.0 Å². The van der Waals surface area contributed by atoms with E-state index in [2.05, 4.69) is 15.0 Å². The van der Waals surface area contributed by atoms with Gasteiger partial charge in [-0.15, -0.1) is 0 Å². The monoisotopic (exact) mass is 420 g/mol. The number of hydrogen-bond donors (Lipinski definition) is 0. The molecule has 4 rings (SSSR count). The highest BCUT2D eigenvalue weighted by molar-refractivity contribution is 7.91. The van der Waals surface area contributed by atoms with Crippen LogP contribution in [0.2, 0.25) is 0 Å². The largest absolute Gasteiger partial charge is 0.433 e. The van der Waals surface area contributed by atoms with Crippen molar-refractivity contribution < 1.29 is 21.6 Å². The molecule has 0 saturated heterocycles. The summed E-state index contributed by atoms with van der Waals surface area (Å²) in [5.41, 5.74) is -0.581. The first-order valence-corrected chi connectivity index (χ1v) is 10.3. The van der Waals surface area contributed by atoms with Crippen LogP contribution in [0, 0.1) is 0 Å². The molecule has 0 aliphatic heterocycles. The van der Waals surface area contributed by atoms with Crippen LogP contribution in [-0.2, 0) is 23.1 Å². The number of alkyl halides is 3. The highest BCUT2D eigenvalue weighted by atomic mass is 32.2. The van der Waals surface area contributed by atoms with E-state index in [1.54, 1.807) is 31.3 Å². The standard InChI is InChI=1S/C19H15F3N4O2S/c1-3-29(27,28)17-12-7-5-4-6-11(12)9-24-16(17)18-25-13-8-15(19(20,21)22)23-10-14(13)26(18)2/h4-10H,3H2,1-2H3. The number of imidazole rings is 1. The van der Waals surface area contributed by atoms with Gasteiger partial charge >= 0.3 is 6.18 Å². The zero-order valence-electron chi connectivity index (χ0n) is 15.4. The number of fused-ring (bicyclic) bond motifs is 2. The fraction of sp³-hybridized carbons (Fsp3) is 0.211. The van der Waals surface area contributed by atoms with Crippen molar-refractivity contribution in [3.8, 4) is 11.5 Å². The van der Waals surface area contributed by atoms with E-state index < -0.39 is 21.7 Å². The van der Waals surface area contributed by atoms with Gasteiger partial charge in [0.15, 0.2) is 15.7 Å². The van der Waals surface area contributed by atoms with Crippen molar-refractivity contribution in [3.05, 3.63) is 48.4 Å². The lowest BCUT2D eigenvalue weighted by Crippen LogP contribution is -2.09. The molecule has 0 saturated carbocycles. The second kappa shape index (κ2) is 6.51. The van der Waals surface area contributed by atoms with Gasteiger partial charge < -0.3 is 4.57 Å². The molecule has 0 unspecified atom stereocenters. The number of halogens is 3. The molecular weight excluding hydrogens is 405 g/mol. The third kappa shape index (κ3) is 3.13. The highest BCUT2D eigenvalue weighted by Crippen LogP contribution is 2.35. The Hall–Kier alpha value is -3.01. The Morgan fingerprint density at radius 2 is 1.83 bits per heavy atom. The van der Waals surface area contributed by atoms with Crippen LogP contribution < -0.4 is 0 Å². The summed E-state index contributed by atoms with van der Waals surface area (Å²) in [4.78, 5) is 12.1. The summed E-state index contributed by atoms with van der Waals surface area (Å²) in [5.74, 6) is -0.00160. The lowest BCUT2D eigenvalue weighted by Gasteiger charge is -2.12. The van der Waals surface area contributed by atoms with Crippen molar-refractivity contribution in [3.63, 3.8) is 0 Å². The van der Waals surface area contributed by atoms with Crippen LogP contribution in [0.5, 0.6) is 0 Å². The van der Waals surface area contributed by atoms with E-state index in [-0.39, 0.29) is 27.7 Å². The predicted octanol–water partition coefficient (Wildman–Crippen LogP) is 4.00. The molecular formula is C19H15F3N4O2S. The van der Waals surface area contributed by atoms with Gasteiger partial charge in [0.2, 0.25) is 0 Å². The number of sulfone groups is 1. The quantitative estimate of drug-likeness (QED) is 0.501. The van der Waals surface area contributed by atoms with Gasteiger partial charge in [0, 0.05) is 24.0 Å². The third-order valence-corrected chi connectivity index (χ3v) is 6.51. The summed E-state index contributed by atoms with van der Waals surface area (Å²) in [6.45, 7) is 1.52. The minimum atomic E-state index is -4.61. The summed E-state index contributed by atoms with van der Waals surface area (Å²) in [7, 11) is -2.12. The van der Waals surface area contributed by atoms with Crippen molar-refractivity contribution in [1.29, 1.82) is 0 Å². The molecule has 0 aliphatic carbocycles. The average Bonchev–Trinajstić information content (AvgIpc) is 3.02. The normalized spacial score (nSPS) is 12.7. The summed E-state index contributed by atoms with van der Waals surface area (Å²) >= 11 is 0. The van der Waals surface area contributed by atoms with E-state index in [1.807, 2.05) is 0 Å². The first-order chi connectivity index (χ1) is 13.6. The summed E-state index contributed by atoms with van der Waals surface area (Å²) < 4.78 is 66.3. The van der Waals surface area contributed by atoms with E-state index in [4.69, 9.17) is 0 Å². The number of benzene rings is 1. The van der Waals surface area contributed by atoms with Gasteiger partial charge in [-0.25, -0.2) is 18.4 Å². The van der Waals surface area contributed by atoms with Gasteiger partial charge in [0.1, 0.15) is 16.3 Å². The highest BCUT2D eigenvalue weighted by Gasteiger charge is 2.33.